The minimum Gasteiger partial charge on any atom is -0.326 e. The molecule has 2 amide bonds. The molecule has 1 N–H and O–H groups in total. The van der Waals surface area contributed by atoms with Crippen molar-refractivity contribution in [1.29, 1.82) is 0 Å². The van der Waals surface area contributed by atoms with Crippen molar-refractivity contribution in [3.63, 3.8) is 0 Å². The Labute approximate surface area is 161 Å². The summed E-state index contributed by atoms with van der Waals surface area (Å²) in [4.78, 5) is 31.2. The van der Waals surface area contributed by atoms with E-state index in [1.807, 2.05) is 37.3 Å². The summed E-state index contributed by atoms with van der Waals surface area (Å²) in [5.74, 6) is -0.762. The summed E-state index contributed by atoms with van der Waals surface area (Å²) in [5.41, 5.74) is 1.27. The number of rotatable bonds is 6. The van der Waals surface area contributed by atoms with E-state index < -0.39 is 5.25 Å². The standard InChI is InChI=1S/C20H20FN3O2S/c1-2-12-24-19(26)17(27-20(24)23-15-6-4-3-5-7-15)13-18(25)22-16-10-8-14(21)9-11-16/h3-11,17H,2,12-13H2,1H3,(H,22,25). The molecule has 0 radical (unpaired) electrons. The smallest absolute Gasteiger partial charge is 0.242 e. The number of carbonyl (C=O) groups excluding carboxylic acids is 2. The van der Waals surface area contributed by atoms with Gasteiger partial charge in [0.15, 0.2) is 5.17 Å². The summed E-state index contributed by atoms with van der Waals surface area (Å²) in [6.07, 6.45) is 0.837. The first-order chi connectivity index (χ1) is 13.1. The average molecular weight is 385 g/mol. The van der Waals surface area contributed by atoms with E-state index in [4.69, 9.17) is 0 Å². The first-order valence-corrected chi connectivity index (χ1v) is 9.62. The summed E-state index contributed by atoms with van der Waals surface area (Å²) in [6.45, 7) is 2.56. The van der Waals surface area contributed by atoms with E-state index in [-0.39, 0.29) is 24.1 Å². The molecule has 0 saturated carbocycles. The van der Waals surface area contributed by atoms with Crippen LogP contribution in [0.2, 0.25) is 0 Å². The molecule has 1 atom stereocenters. The number of nitrogens with zero attached hydrogens (tertiary/aromatic N) is 2. The van der Waals surface area contributed by atoms with Gasteiger partial charge in [-0.3, -0.25) is 14.5 Å². The minimum atomic E-state index is -0.514. The average Bonchev–Trinajstić information content (AvgIpc) is 2.93. The number of benzene rings is 2. The van der Waals surface area contributed by atoms with E-state index in [2.05, 4.69) is 10.3 Å². The molecule has 1 unspecified atom stereocenters. The molecule has 0 spiro atoms. The second kappa shape index (κ2) is 8.81. The number of aliphatic imine (C=N–C) groups is 1. The van der Waals surface area contributed by atoms with E-state index in [0.29, 0.717) is 17.4 Å². The Morgan fingerprint density at radius 2 is 1.89 bits per heavy atom. The van der Waals surface area contributed by atoms with Gasteiger partial charge in [0.1, 0.15) is 11.1 Å². The molecular formula is C20H20FN3O2S. The SMILES string of the molecule is CCCN1C(=O)C(CC(=O)Nc2ccc(F)cc2)SC1=Nc1ccccc1. The molecule has 0 aromatic heterocycles. The second-order valence-corrected chi connectivity index (χ2v) is 7.26. The number of carbonyl (C=O) groups is 2. The molecule has 140 valence electrons. The van der Waals surface area contributed by atoms with Gasteiger partial charge in [-0.2, -0.15) is 0 Å². The first kappa shape index (κ1) is 19.1. The van der Waals surface area contributed by atoms with Gasteiger partial charge in [0.25, 0.3) is 0 Å². The van der Waals surface area contributed by atoms with Crippen LogP contribution in [0.15, 0.2) is 59.6 Å². The molecule has 1 heterocycles. The predicted octanol–water partition coefficient (Wildman–Crippen LogP) is 4.20. The van der Waals surface area contributed by atoms with E-state index in [9.17, 15) is 14.0 Å². The Bertz CT molecular complexity index is 840. The van der Waals surface area contributed by atoms with Gasteiger partial charge in [-0.25, -0.2) is 9.38 Å². The fourth-order valence-electron chi connectivity index (χ4n) is 2.68. The number of anilines is 1. The summed E-state index contributed by atoms with van der Waals surface area (Å²) in [5, 5.41) is 2.80. The van der Waals surface area contributed by atoms with Crippen molar-refractivity contribution in [3.8, 4) is 0 Å². The number of hydrogen-bond donors (Lipinski definition) is 1. The van der Waals surface area contributed by atoms with Crippen molar-refractivity contribution in [1.82, 2.24) is 4.90 Å². The highest BCUT2D eigenvalue weighted by molar-refractivity contribution is 8.15. The Morgan fingerprint density at radius 1 is 1.19 bits per heavy atom. The Hall–Kier alpha value is -2.67. The van der Waals surface area contributed by atoms with Crippen LogP contribution >= 0.6 is 11.8 Å². The van der Waals surface area contributed by atoms with Crippen molar-refractivity contribution in [2.24, 2.45) is 4.99 Å². The summed E-state index contributed by atoms with van der Waals surface area (Å²) in [7, 11) is 0. The minimum absolute atomic E-state index is 0.0366. The molecule has 1 fully saturated rings. The first-order valence-electron chi connectivity index (χ1n) is 8.74. The van der Waals surface area contributed by atoms with Crippen LogP contribution in [0.4, 0.5) is 15.8 Å². The number of thioether (sulfide) groups is 1. The molecule has 2 aromatic rings. The maximum absolute atomic E-state index is 13.0. The van der Waals surface area contributed by atoms with Crippen LogP contribution in [0, 0.1) is 5.82 Å². The quantitative estimate of drug-likeness (QED) is 0.811. The number of amidine groups is 1. The van der Waals surface area contributed by atoms with Crippen LogP contribution in [-0.4, -0.2) is 33.7 Å². The maximum Gasteiger partial charge on any atom is 0.242 e. The van der Waals surface area contributed by atoms with E-state index >= 15 is 0 Å². The van der Waals surface area contributed by atoms with Crippen molar-refractivity contribution in [3.05, 3.63) is 60.4 Å². The number of halogens is 1. The van der Waals surface area contributed by atoms with Gasteiger partial charge < -0.3 is 5.32 Å². The van der Waals surface area contributed by atoms with Gasteiger partial charge in [0.2, 0.25) is 11.8 Å². The zero-order chi connectivity index (χ0) is 19.2. The monoisotopic (exact) mass is 385 g/mol. The summed E-state index contributed by atoms with van der Waals surface area (Å²) >= 11 is 1.31. The predicted molar refractivity (Wildman–Crippen MR) is 107 cm³/mol. The Balaban J connectivity index is 1.70. The highest BCUT2D eigenvalue weighted by atomic mass is 32.2. The molecule has 1 saturated heterocycles. The van der Waals surface area contributed by atoms with Gasteiger partial charge in [0, 0.05) is 18.7 Å². The normalized spacial score (nSPS) is 18.1. The number of amides is 2. The zero-order valence-electron chi connectivity index (χ0n) is 14.9. The van der Waals surface area contributed by atoms with Crippen molar-refractivity contribution >= 4 is 40.1 Å². The second-order valence-electron chi connectivity index (χ2n) is 6.09. The largest absolute Gasteiger partial charge is 0.326 e. The molecule has 0 bridgehead atoms. The highest BCUT2D eigenvalue weighted by Gasteiger charge is 2.38. The van der Waals surface area contributed by atoms with Gasteiger partial charge >= 0.3 is 0 Å². The third-order valence-corrected chi connectivity index (χ3v) is 5.12. The maximum atomic E-state index is 13.0. The molecule has 2 aromatic carbocycles. The summed E-state index contributed by atoms with van der Waals surface area (Å²) in [6, 6.07) is 15.0. The fraction of sp³-hybridized carbons (Fsp3) is 0.250. The lowest BCUT2D eigenvalue weighted by molar-refractivity contribution is -0.128. The van der Waals surface area contributed by atoms with Crippen LogP contribution < -0.4 is 5.32 Å². The van der Waals surface area contributed by atoms with Crippen LogP contribution in [0.5, 0.6) is 0 Å². The number of nitrogens with one attached hydrogen (secondary N) is 1. The molecule has 7 heteroatoms. The van der Waals surface area contributed by atoms with Gasteiger partial charge in [-0.15, -0.1) is 0 Å². The third kappa shape index (κ3) is 4.95. The third-order valence-electron chi connectivity index (χ3n) is 3.95. The topological polar surface area (TPSA) is 61.8 Å². The molecule has 5 nitrogen and oxygen atoms in total. The molecule has 3 rings (SSSR count). The van der Waals surface area contributed by atoms with Crippen LogP contribution in [0.25, 0.3) is 0 Å². The lowest BCUT2D eigenvalue weighted by Gasteiger charge is -2.15. The van der Waals surface area contributed by atoms with Crippen molar-refractivity contribution in [2.45, 2.75) is 25.0 Å². The molecule has 0 aliphatic carbocycles. The van der Waals surface area contributed by atoms with E-state index in [0.717, 1.165) is 12.1 Å². The van der Waals surface area contributed by atoms with Crippen molar-refractivity contribution < 1.29 is 14.0 Å². The zero-order valence-corrected chi connectivity index (χ0v) is 15.7. The highest BCUT2D eigenvalue weighted by Crippen LogP contribution is 2.32. The fourth-order valence-corrected chi connectivity index (χ4v) is 3.86. The van der Waals surface area contributed by atoms with Crippen LogP contribution in [0.1, 0.15) is 19.8 Å². The molecule has 27 heavy (non-hydrogen) atoms. The molecule has 1 aliphatic heterocycles. The van der Waals surface area contributed by atoms with Crippen LogP contribution in [-0.2, 0) is 9.59 Å². The van der Waals surface area contributed by atoms with Crippen molar-refractivity contribution in [2.75, 3.05) is 11.9 Å². The van der Waals surface area contributed by atoms with Gasteiger partial charge in [-0.05, 0) is 42.8 Å². The lowest BCUT2D eigenvalue weighted by atomic mass is 10.2. The number of hydrogen-bond acceptors (Lipinski definition) is 4. The lowest BCUT2D eigenvalue weighted by Crippen LogP contribution is -2.34. The van der Waals surface area contributed by atoms with Gasteiger partial charge in [-0.1, -0.05) is 36.9 Å². The van der Waals surface area contributed by atoms with Crippen LogP contribution in [0.3, 0.4) is 0 Å². The number of para-hydroxylation sites is 1. The van der Waals surface area contributed by atoms with E-state index in [1.165, 1.54) is 36.0 Å². The molecular weight excluding hydrogens is 365 g/mol. The Kier molecular flexibility index (Phi) is 6.24. The van der Waals surface area contributed by atoms with Gasteiger partial charge in [0.05, 0.1) is 5.69 Å². The van der Waals surface area contributed by atoms with E-state index in [1.54, 1.807) is 4.90 Å². The Morgan fingerprint density at radius 3 is 2.56 bits per heavy atom. The molecule has 1 aliphatic rings. The summed E-state index contributed by atoms with van der Waals surface area (Å²) < 4.78 is 13.0.